The summed E-state index contributed by atoms with van der Waals surface area (Å²) in [6.45, 7) is 1.86. The highest BCUT2D eigenvalue weighted by Crippen LogP contribution is 2.15. The number of rotatable bonds is 9. The van der Waals surface area contributed by atoms with E-state index in [2.05, 4.69) is 15.5 Å². The minimum atomic E-state index is -0.300. The molecule has 1 N–H and O–H groups in total. The largest absolute Gasteiger partial charge is 0.497 e. The summed E-state index contributed by atoms with van der Waals surface area (Å²) >= 11 is 0. The molecule has 0 spiro atoms. The van der Waals surface area contributed by atoms with E-state index >= 15 is 0 Å². The van der Waals surface area contributed by atoms with Crippen LogP contribution in [0.15, 0.2) is 52.9 Å². The average Bonchev–Trinajstić information content (AvgIpc) is 3.19. The van der Waals surface area contributed by atoms with Crippen molar-refractivity contribution >= 4 is 5.91 Å². The van der Waals surface area contributed by atoms with E-state index in [1.807, 2.05) is 31.2 Å². The molecular formula is C22H24FN3O3. The molecule has 2 aromatic carbocycles. The second kappa shape index (κ2) is 9.82. The zero-order valence-electron chi connectivity index (χ0n) is 16.5. The second-order valence-corrected chi connectivity index (χ2v) is 6.78. The molecule has 29 heavy (non-hydrogen) atoms. The quantitative estimate of drug-likeness (QED) is 0.594. The van der Waals surface area contributed by atoms with E-state index in [9.17, 15) is 9.18 Å². The monoisotopic (exact) mass is 397 g/mol. The lowest BCUT2D eigenvalue weighted by molar-refractivity contribution is -0.121. The van der Waals surface area contributed by atoms with Gasteiger partial charge in [0, 0.05) is 19.3 Å². The molecule has 7 heteroatoms. The maximum absolute atomic E-state index is 13.0. The number of methoxy groups -OCH3 is 1. The lowest BCUT2D eigenvalue weighted by Crippen LogP contribution is -2.26. The van der Waals surface area contributed by atoms with Crippen molar-refractivity contribution in [2.45, 2.75) is 38.6 Å². The highest BCUT2D eigenvalue weighted by molar-refractivity contribution is 5.76. The van der Waals surface area contributed by atoms with Crippen molar-refractivity contribution in [3.63, 3.8) is 0 Å². The van der Waals surface area contributed by atoms with Gasteiger partial charge in [0.25, 0.3) is 0 Å². The number of aryl methyl sites for hydroxylation is 3. The summed E-state index contributed by atoms with van der Waals surface area (Å²) in [5.41, 5.74) is 2.00. The van der Waals surface area contributed by atoms with Crippen molar-refractivity contribution in [3.05, 3.63) is 77.3 Å². The van der Waals surface area contributed by atoms with Gasteiger partial charge in [-0.2, -0.15) is 0 Å². The van der Waals surface area contributed by atoms with E-state index < -0.39 is 0 Å². The Balaban J connectivity index is 1.43. The molecule has 1 atom stereocenters. The molecular weight excluding hydrogens is 373 g/mol. The molecule has 1 unspecified atom stereocenters. The smallest absolute Gasteiger partial charge is 0.220 e. The third-order valence-electron chi connectivity index (χ3n) is 4.61. The van der Waals surface area contributed by atoms with E-state index in [-0.39, 0.29) is 24.2 Å². The van der Waals surface area contributed by atoms with Gasteiger partial charge >= 0.3 is 0 Å². The molecule has 0 aliphatic heterocycles. The van der Waals surface area contributed by atoms with Gasteiger partial charge < -0.3 is 14.5 Å². The van der Waals surface area contributed by atoms with Crippen LogP contribution in [0, 0.1) is 5.82 Å². The van der Waals surface area contributed by atoms with Crippen LogP contribution < -0.4 is 10.1 Å². The number of carbonyl (C=O) groups is 1. The minimum absolute atomic E-state index is 0.125. The fourth-order valence-corrected chi connectivity index (χ4v) is 2.90. The summed E-state index contributed by atoms with van der Waals surface area (Å²) in [5, 5.41) is 11.0. The first-order valence-electron chi connectivity index (χ1n) is 9.52. The molecule has 3 rings (SSSR count). The van der Waals surface area contributed by atoms with Crippen molar-refractivity contribution < 1.29 is 18.3 Å². The molecule has 0 radical (unpaired) electrons. The number of carbonyl (C=O) groups excluding carboxylic acids is 1. The maximum atomic E-state index is 13.0. The number of hydrogen-bond donors (Lipinski definition) is 1. The number of amides is 1. The number of aromatic nitrogens is 2. The van der Waals surface area contributed by atoms with E-state index in [1.54, 1.807) is 19.2 Å². The Kier molecular flexibility index (Phi) is 6.94. The van der Waals surface area contributed by atoms with Gasteiger partial charge in [0.05, 0.1) is 13.2 Å². The SMILES string of the molecule is COc1ccc(CCc2nnc(CCC(=O)NC(C)c3ccc(F)cc3)o2)cc1. The third kappa shape index (κ3) is 6.14. The van der Waals surface area contributed by atoms with Gasteiger partial charge in [-0.1, -0.05) is 24.3 Å². The Labute approximate surface area is 169 Å². The van der Waals surface area contributed by atoms with Crippen LogP contribution in [0.4, 0.5) is 4.39 Å². The van der Waals surface area contributed by atoms with E-state index in [4.69, 9.17) is 9.15 Å². The number of nitrogens with one attached hydrogen (secondary N) is 1. The first kappa shape index (κ1) is 20.5. The summed E-state index contributed by atoms with van der Waals surface area (Å²) in [5.74, 6) is 1.39. The standard InChI is InChI=1S/C22H24FN3O3/c1-15(17-6-8-18(23)9-7-17)24-20(27)12-14-22-26-25-21(29-22)13-5-16-3-10-19(28-2)11-4-16/h3-4,6-11,15H,5,12-14H2,1-2H3,(H,24,27). The lowest BCUT2D eigenvalue weighted by Gasteiger charge is -2.13. The lowest BCUT2D eigenvalue weighted by atomic mass is 10.1. The predicted molar refractivity (Wildman–Crippen MR) is 106 cm³/mol. The Hall–Kier alpha value is -3.22. The molecule has 0 bridgehead atoms. The van der Waals surface area contributed by atoms with Crippen LogP contribution >= 0.6 is 0 Å². The zero-order chi connectivity index (χ0) is 20.6. The highest BCUT2D eigenvalue weighted by atomic mass is 19.1. The first-order valence-corrected chi connectivity index (χ1v) is 9.52. The Morgan fingerprint density at radius 1 is 1.03 bits per heavy atom. The van der Waals surface area contributed by atoms with Crippen LogP contribution in [0.3, 0.4) is 0 Å². The van der Waals surface area contributed by atoms with Crippen LogP contribution in [0.25, 0.3) is 0 Å². The Morgan fingerprint density at radius 3 is 2.34 bits per heavy atom. The van der Waals surface area contributed by atoms with Crippen molar-refractivity contribution in [1.82, 2.24) is 15.5 Å². The molecule has 0 saturated carbocycles. The molecule has 6 nitrogen and oxygen atoms in total. The second-order valence-electron chi connectivity index (χ2n) is 6.78. The molecule has 1 heterocycles. The molecule has 0 fully saturated rings. The van der Waals surface area contributed by atoms with Crippen LogP contribution in [0.1, 0.15) is 42.3 Å². The van der Waals surface area contributed by atoms with Crippen molar-refractivity contribution in [1.29, 1.82) is 0 Å². The summed E-state index contributed by atoms with van der Waals surface area (Å²) < 4.78 is 23.8. The van der Waals surface area contributed by atoms with Gasteiger partial charge in [-0.3, -0.25) is 4.79 Å². The van der Waals surface area contributed by atoms with Gasteiger partial charge in [-0.25, -0.2) is 4.39 Å². The van der Waals surface area contributed by atoms with Crippen molar-refractivity contribution in [2.24, 2.45) is 0 Å². The summed E-state index contributed by atoms with van der Waals surface area (Å²) in [6, 6.07) is 13.7. The highest BCUT2D eigenvalue weighted by Gasteiger charge is 2.12. The molecule has 0 saturated heterocycles. The number of halogens is 1. The number of hydrogen-bond acceptors (Lipinski definition) is 5. The molecule has 0 aliphatic rings. The van der Waals surface area contributed by atoms with Gasteiger partial charge in [0.1, 0.15) is 11.6 Å². The minimum Gasteiger partial charge on any atom is -0.497 e. The van der Waals surface area contributed by atoms with E-state index in [1.165, 1.54) is 12.1 Å². The number of benzene rings is 2. The summed E-state index contributed by atoms with van der Waals surface area (Å²) in [6.07, 6.45) is 2.03. The van der Waals surface area contributed by atoms with Crippen molar-refractivity contribution in [2.75, 3.05) is 7.11 Å². The average molecular weight is 397 g/mol. The van der Waals surface area contributed by atoms with Crippen LogP contribution in [0.5, 0.6) is 5.75 Å². The van der Waals surface area contributed by atoms with Gasteiger partial charge in [-0.15, -0.1) is 10.2 Å². The van der Waals surface area contributed by atoms with E-state index in [0.29, 0.717) is 24.6 Å². The maximum Gasteiger partial charge on any atom is 0.220 e. The van der Waals surface area contributed by atoms with Gasteiger partial charge in [-0.05, 0) is 48.7 Å². The third-order valence-corrected chi connectivity index (χ3v) is 4.61. The predicted octanol–water partition coefficient (Wildman–Crippen LogP) is 3.81. The topological polar surface area (TPSA) is 77.2 Å². The van der Waals surface area contributed by atoms with E-state index in [0.717, 1.165) is 23.3 Å². The van der Waals surface area contributed by atoms with Gasteiger partial charge in [0.15, 0.2) is 0 Å². The van der Waals surface area contributed by atoms with Gasteiger partial charge in [0.2, 0.25) is 17.7 Å². The fourth-order valence-electron chi connectivity index (χ4n) is 2.90. The summed E-state index contributed by atoms with van der Waals surface area (Å²) in [4.78, 5) is 12.2. The Bertz CT molecular complexity index is 923. The number of ether oxygens (including phenoxy) is 1. The van der Waals surface area contributed by atoms with Crippen molar-refractivity contribution in [3.8, 4) is 5.75 Å². The zero-order valence-corrected chi connectivity index (χ0v) is 16.5. The summed E-state index contributed by atoms with van der Waals surface area (Å²) in [7, 11) is 1.64. The molecule has 0 aliphatic carbocycles. The van der Waals surface area contributed by atoms with Crippen LogP contribution in [-0.4, -0.2) is 23.2 Å². The molecule has 1 aromatic heterocycles. The van der Waals surface area contributed by atoms with Crippen LogP contribution in [-0.2, 0) is 24.1 Å². The fraction of sp³-hybridized carbons (Fsp3) is 0.318. The Morgan fingerprint density at radius 2 is 1.69 bits per heavy atom. The molecule has 1 amide bonds. The molecule has 152 valence electrons. The normalized spacial score (nSPS) is 11.8. The number of nitrogens with zero attached hydrogens (tertiary/aromatic N) is 2. The molecule has 3 aromatic rings. The van der Waals surface area contributed by atoms with Crippen LogP contribution in [0.2, 0.25) is 0 Å². The first-order chi connectivity index (χ1) is 14.0.